The van der Waals surface area contributed by atoms with Gasteiger partial charge in [-0.15, -0.1) is 0 Å². The standard InChI is InChI=1S/C13H20N2O/c1-9-5-6-12(11(3)10(9)2)7-8-15-13(16)14-4/h5-6H,7-8H2,1-4H3,(H2,14,15,16). The van der Waals surface area contributed by atoms with Gasteiger partial charge in [0.1, 0.15) is 0 Å². The molecular formula is C13H20N2O. The first-order valence-electron chi connectivity index (χ1n) is 5.57. The van der Waals surface area contributed by atoms with Gasteiger partial charge in [-0.2, -0.15) is 0 Å². The lowest BCUT2D eigenvalue weighted by molar-refractivity contribution is 0.243. The maximum atomic E-state index is 11.0. The molecule has 2 amide bonds. The van der Waals surface area contributed by atoms with E-state index in [2.05, 4.69) is 43.5 Å². The molecule has 0 aliphatic heterocycles. The first-order chi connectivity index (χ1) is 7.56. The van der Waals surface area contributed by atoms with Crippen LogP contribution >= 0.6 is 0 Å². The second-order valence-electron chi connectivity index (χ2n) is 4.05. The number of carbonyl (C=O) groups is 1. The van der Waals surface area contributed by atoms with Crippen LogP contribution in [-0.2, 0) is 6.42 Å². The molecule has 0 spiro atoms. The Morgan fingerprint density at radius 1 is 1.19 bits per heavy atom. The van der Waals surface area contributed by atoms with Crippen molar-refractivity contribution in [3.8, 4) is 0 Å². The maximum absolute atomic E-state index is 11.0. The summed E-state index contributed by atoms with van der Waals surface area (Å²) >= 11 is 0. The van der Waals surface area contributed by atoms with Gasteiger partial charge in [-0.25, -0.2) is 4.79 Å². The van der Waals surface area contributed by atoms with E-state index in [1.54, 1.807) is 7.05 Å². The Hall–Kier alpha value is -1.51. The van der Waals surface area contributed by atoms with Gasteiger partial charge < -0.3 is 10.6 Å². The Bertz CT molecular complexity index is 386. The van der Waals surface area contributed by atoms with Gasteiger partial charge in [0.25, 0.3) is 0 Å². The Morgan fingerprint density at radius 3 is 2.50 bits per heavy atom. The van der Waals surface area contributed by atoms with Crippen LogP contribution in [0.2, 0.25) is 0 Å². The van der Waals surface area contributed by atoms with Crippen LogP contribution < -0.4 is 10.6 Å². The fourth-order valence-electron chi connectivity index (χ4n) is 1.68. The molecule has 16 heavy (non-hydrogen) atoms. The van der Waals surface area contributed by atoms with E-state index in [0.717, 1.165) is 6.42 Å². The number of urea groups is 1. The highest BCUT2D eigenvalue weighted by atomic mass is 16.2. The monoisotopic (exact) mass is 220 g/mol. The van der Waals surface area contributed by atoms with Gasteiger partial charge in [0.2, 0.25) is 0 Å². The van der Waals surface area contributed by atoms with Crippen molar-refractivity contribution in [2.75, 3.05) is 13.6 Å². The summed E-state index contributed by atoms with van der Waals surface area (Å²) in [6, 6.07) is 4.15. The highest BCUT2D eigenvalue weighted by Gasteiger charge is 2.04. The van der Waals surface area contributed by atoms with E-state index in [4.69, 9.17) is 0 Å². The van der Waals surface area contributed by atoms with E-state index in [1.807, 2.05) is 0 Å². The number of rotatable bonds is 3. The fraction of sp³-hybridized carbons (Fsp3) is 0.462. The predicted octanol–water partition coefficient (Wildman–Crippen LogP) is 2.08. The molecule has 0 bridgehead atoms. The van der Waals surface area contributed by atoms with E-state index in [0.29, 0.717) is 6.54 Å². The summed E-state index contributed by atoms with van der Waals surface area (Å²) in [4.78, 5) is 11.0. The minimum atomic E-state index is -0.124. The van der Waals surface area contributed by atoms with Crippen LogP contribution in [0.5, 0.6) is 0 Å². The molecule has 3 heteroatoms. The van der Waals surface area contributed by atoms with Crippen molar-refractivity contribution in [2.45, 2.75) is 27.2 Å². The van der Waals surface area contributed by atoms with E-state index in [-0.39, 0.29) is 6.03 Å². The molecule has 3 nitrogen and oxygen atoms in total. The Labute approximate surface area is 97.2 Å². The highest BCUT2D eigenvalue weighted by molar-refractivity contribution is 5.73. The van der Waals surface area contributed by atoms with Crippen LogP contribution in [0, 0.1) is 20.8 Å². The zero-order valence-electron chi connectivity index (χ0n) is 10.5. The second kappa shape index (κ2) is 5.54. The molecule has 2 N–H and O–H groups in total. The first kappa shape index (κ1) is 12.6. The fourth-order valence-corrected chi connectivity index (χ4v) is 1.68. The molecule has 0 radical (unpaired) electrons. The van der Waals surface area contributed by atoms with E-state index >= 15 is 0 Å². The van der Waals surface area contributed by atoms with Crippen LogP contribution in [-0.4, -0.2) is 19.6 Å². The van der Waals surface area contributed by atoms with Gasteiger partial charge >= 0.3 is 6.03 Å². The van der Waals surface area contributed by atoms with Gasteiger partial charge in [-0.3, -0.25) is 0 Å². The normalized spacial score (nSPS) is 10.0. The zero-order valence-corrected chi connectivity index (χ0v) is 10.5. The summed E-state index contributed by atoms with van der Waals surface area (Å²) < 4.78 is 0. The Kier molecular flexibility index (Phi) is 4.35. The van der Waals surface area contributed by atoms with Crippen molar-refractivity contribution >= 4 is 6.03 Å². The minimum Gasteiger partial charge on any atom is -0.341 e. The van der Waals surface area contributed by atoms with E-state index < -0.39 is 0 Å². The molecule has 0 unspecified atom stereocenters. The summed E-state index contributed by atoms with van der Waals surface area (Å²) in [5, 5.41) is 5.33. The van der Waals surface area contributed by atoms with Crippen molar-refractivity contribution in [1.82, 2.24) is 10.6 Å². The molecule has 0 heterocycles. The number of nitrogens with one attached hydrogen (secondary N) is 2. The van der Waals surface area contributed by atoms with Crippen LogP contribution in [0.15, 0.2) is 12.1 Å². The number of hydrogen-bond donors (Lipinski definition) is 2. The quantitative estimate of drug-likeness (QED) is 0.804. The van der Waals surface area contributed by atoms with Crippen molar-refractivity contribution in [2.24, 2.45) is 0 Å². The van der Waals surface area contributed by atoms with Gasteiger partial charge in [0.15, 0.2) is 0 Å². The van der Waals surface area contributed by atoms with E-state index in [9.17, 15) is 4.79 Å². The molecule has 0 aliphatic rings. The van der Waals surface area contributed by atoms with Gasteiger partial charge in [0, 0.05) is 13.6 Å². The summed E-state index contributed by atoms with van der Waals surface area (Å²) in [5.41, 5.74) is 5.30. The van der Waals surface area contributed by atoms with Crippen LogP contribution in [0.3, 0.4) is 0 Å². The lowest BCUT2D eigenvalue weighted by Gasteiger charge is -2.11. The number of aryl methyl sites for hydroxylation is 1. The molecule has 1 aromatic rings. The number of hydrogen-bond acceptors (Lipinski definition) is 1. The summed E-state index contributed by atoms with van der Waals surface area (Å²) in [6.45, 7) is 7.07. The first-order valence-corrected chi connectivity index (χ1v) is 5.57. The molecule has 1 aromatic carbocycles. The Balaban J connectivity index is 2.61. The third-order valence-electron chi connectivity index (χ3n) is 3.08. The number of carbonyl (C=O) groups excluding carboxylic acids is 1. The average molecular weight is 220 g/mol. The van der Waals surface area contributed by atoms with Gasteiger partial charge in [-0.05, 0) is 49.4 Å². The molecule has 0 fully saturated rings. The zero-order chi connectivity index (χ0) is 12.1. The molecular weight excluding hydrogens is 200 g/mol. The number of benzene rings is 1. The number of amides is 2. The van der Waals surface area contributed by atoms with Crippen molar-refractivity contribution < 1.29 is 4.79 Å². The molecule has 1 rings (SSSR count). The van der Waals surface area contributed by atoms with Gasteiger partial charge in [0.05, 0.1) is 0 Å². The van der Waals surface area contributed by atoms with Crippen LogP contribution in [0.1, 0.15) is 22.3 Å². The average Bonchev–Trinajstić information content (AvgIpc) is 2.29. The van der Waals surface area contributed by atoms with Crippen molar-refractivity contribution in [3.63, 3.8) is 0 Å². The van der Waals surface area contributed by atoms with E-state index in [1.165, 1.54) is 22.3 Å². The SMILES string of the molecule is CNC(=O)NCCc1ccc(C)c(C)c1C. The molecule has 0 atom stereocenters. The highest BCUT2D eigenvalue weighted by Crippen LogP contribution is 2.17. The molecule has 0 aliphatic carbocycles. The second-order valence-corrected chi connectivity index (χ2v) is 4.05. The smallest absolute Gasteiger partial charge is 0.314 e. The topological polar surface area (TPSA) is 41.1 Å². The molecule has 0 saturated carbocycles. The van der Waals surface area contributed by atoms with Crippen molar-refractivity contribution in [1.29, 1.82) is 0 Å². The Morgan fingerprint density at radius 2 is 1.88 bits per heavy atom. The van der Waals surface area contributed by atoms with Crippen LogP contribution in [0.25, 0.3) is 0 Å². The van der Waals surface area contributed by atoms with Crippen molar-refractivity contribution in [3.05, 3.63) is 34.4 Å². The van der Waals surface area contributed by atoms with Gasteiger partial charge in [-0.1, -0.05) is 12.1 Å². The lowest BCUT2D eigenvalue weighted by atomic mass is 9.97. The maximum Gasteiger partial charge on any atom is 0.314 e. The largest absolute Gasteiger partial charge is 0.341 e. The summed E-state index contributed by atoms with van der Waals surface area (Å²) in [7, 11) is 1.62. The van der Waals surface area contributed by atoms with Crippen LogP contribution in [0.4, 0.5) is 4.79 Å². The molecule has 0 saturated heterocycles. The molecule has 88 valence electrons. The third kappa shape index (κ3) is 2.99. The summed E-state index contributed by atoms with van der Waals surface area (Å²) in [6.07, 6.45) is 0.875. The summed E-state index contributed by atoms with van der Waals surface area (Å²) in [5.74, 6) is 0. The third-order valence-corrected chi connectivity index (χ3v) is 3.08. The molecule has 0 aromatic heterocycles. The predicted molar refractivity (Wildman–Crippen MR) is 66.8 cm³/mol. The minimum absolute atomic E-state index is 0.124. The lowest BCUT2D eigenvalue weighted by Crippen LogP contribution is -2.34.